The highest BCUT2D eigenvalue weighted by molar-refractivity contribution is 6.17. The molecule has 0 fully saturated rings. The Bertz CT molecular complexity index is 1380. The van der Waals surface area contributed by atoms with Gasteiger partial charge in [-0.2, -0.15) is 0 Å². The molecule has 0 amide bonds. The average Bonchev–Trinajstić information content (AvgIpc) is 3.13. The molecule has 2 nitrogen and oxygen atoms in total. The molecule has 6 rings (SSSR count). The Morgan fingerprint density at radius 3 is 1.42 bits per heavy atom. The minimum absolute atomic E-state index is 0.838. The lowest BCUT2D eigenvalue weighted by Gasteiger charge is -2.00. The van der Waals surface area contributed by atoms with Gasteiger partial charge in [-0.1, -0.05) is 47.5 Å². The lowest BCUT2D eigenvalue weighted by atomic mass is 10.1. The SMILES string of the molecule is Cc1ccc2cc3c(cc2c1)oc1c2cc4ccc(C)cc4cc2oc31. The molecule has 0 aliphatic rings. The Kier molecular flexibility index (Phi) is 2.51. The summed E-state index contributed by atoms with van der Waals surface area (Å²) in [5, 5.41) is 6.86. The summed E-state index contributed by atoms with van der Waals surface area (Å²) in [5.74, 6) is 0. The molecule has 0 saturated heterocycles. The molecule has 2 heterocycles. The monoisotopic (exact) mass is 336 g/mol. The van der Waals surface area contributed by atoms with E-state index in [1.807, 2.05) is 0 Å². The molecule has 0 aliphatic carbocycles. The van der Waals surface area contributed by atoms with Crippen LogP contribution in [0.2, 0.25) is 0 Å². The molecule has 26 heavy (non-hydrogen) atoms. The van der Waals surface area contributed by atoms with E-state index in [2.05, 4.69) is 74.5 Å². The molecule has 0 saturated carbocycles. The van der Waals surface area contributed by atoms with Crippen molar-refractivity contribution in [2.45, 2.75) is 13.8 Å². The summed E-state index contributed by atoms with van der Waals surface area (Å²) in [5.41, 5.74) is 5.93. The highest BCUT2D eigenvalue weighted by Gasteiger charge is 2.17. The summed E-state index contributed by atoms with van der Waals surface area (Å²) >= 11 is 0. The lowest BCUT2D eigenvalue weighted by molar-refractivity contribution is 0.653. The molecule has 124 valence electrons. The van der Waals surface area contributed by atoms with E-state index in [1.54, 1.807) is 0 Å². The molecule has 0 aliphatic heterocycles. The predicted molar refractivity (Wildman–Crippen MR) is 108 cm³/mol. The highest BCUT2D eigenvalue weighted by atomic mass is 16.4. The third kappa shape index (κ3) is 1.81. The first-order chi connectivity index (χ1) is 12.7. The summed E-state index contributed by atoms with van der Waals surface area (Å²) in [7, 11) is 0. The van der Waals surface area contributed by atoms with Crippen molar-refractivity contribution in [3.8, 4) is 0 Å². The number of aryl methyl sites for hydroxylation is 2. The van der Waals surface area contributed by atoms with Crippen LogP contribution in [0.5, 0.6) is 0 Å². The van der Waals surface area contributed by atoms with Crippen molar-refractivity contribution in [1.29, 1.82) is 0 Å². The van der Waals surface area contributed by atoms with Gasteiger partial charge < -0.3 is 8.83 Å². The largest absolute Gasteiger partial charge is 0.452 e. The van der Waals surface area contributed by atoms with E-state index in [0.717, 1.165) is 33.1 Å². The van der Waals surface area contributed by atoms with Crippen molar-refractivity contribution >= 4 is 54.6 Å². The smallest absolute Gasteiger partial charge is 0.181 e. The molecule has 0 unspecified atom stereocenters. The van der Waals surface area contributed by atoms with Crippen LogP contribution in [0.25, 0.3) is 54.6 Å². The quantitative estimate of drug-likeness (QED) is 0.292. The second-order valence-electron chi connectivity index (χ2n) is 7.26. The fraction of sp³-hybridized carbons (Fsp3) is 0.0833. The third-order valence-corrected chi connectivity index (χ3v) is 5.31. The minimum atomic E-state index is 0.838. The van der Waals surface area contributed by atoms with E-state index in [0.29, 0.717) is 0 Å². The van der Waals surface area contributed by atoms with Gasteiger partial charge in [-0.3, -0.25) is 0 Å². The first-order valence-corrected chi connectivity index (χ1v) is 8.85. The maximum absolute atomic E-state index is 6.23. The summed E-state index contributed by atoms with van der Waals surface area (Å²) < 4.78 is 12.5. The van der Waals surface area contributed by atoms with Gasteiger partial charge in [0.1, 0.15) is 11.2 Å². The van der Waals surface area contributed by atoms with Crippen molar-refractivity contribution in [1.82, 2.24) is 0 Å². The van der Waals surface area contributed by atoms with Crippen LogP contribution in [0.1, 0.15) is 11.1 Å². The zero-order valence-electron chi connectivity index (χ0n) is 14.6. The zero-order valence-corrected chi connectivity index (χ0v) is 14.6. The first kappa shape index (κ1) is 14.0. The summed E-state index contributed by atoms with van der Waals surface area (Å²) in [4.78, 5) is 0. The van der Waals surface area contributed by atoms with Gasteiger partial charge >= 0.3 is 0 Å². The molecule has 0 spiro atoms. The normalized spacial score (nSPS) is 12.2. The molecule has 6 aromatic rings. The van der Waals surface area contributed by atoms with E-state index < -0.39 is 0 Å². The van der Waals surface area contributed by atoms with E-state index in [9.17, 15) is 0 Å². The Morgan fingerprint density at radius 2 is 0.962 bits per heavy atom. The standard InChI is InChI=1S/C24H16O2/c1-13-3-5-15-9-19-21(11-17(15)7-13)25-24-20-10-16-6-4-14(2)8-18(16)12-22(20)26-23(19)24/h3-12H,1-2H3. The first-order valence-electron chi connectivity index (χ1n) is 8.85. The number of hydrogen-bond acceptors (Lipinski definition) is 2. The van der Waals surface area contributed by atoms with Crippen LogP contribution in [0.3, 0.4) is 0 Å². The fourth-order valence-corrected chi connectivity index (χ4v) is 3.98. The van der Waals surface area contributed by atoms with Gasteiger partial charge in [0.2, 0.25) is 0 Å². The molecule has 2 aromatic heterocycles. The van der Waals surface area contributed by atoms with Crippen molar-refractivity contribution in [3.63, 3.8) is 0 Å². The van der Waals surface area contributed by atoms with Gasteiger partial charge in [0.05, 0.1) is 10.8 Å². The highest BCUT2D eigenvalue weighted by Crippen LogP contribution is 2.39. The second kappa shape index (κ2) is 4.67. The number of hydrogen-bond donors (Lipinski definition) is 0. The third-order valence-electron chi connectivity index (χ3n) is 5.31. The van der Waals surface area contributed by atoms with Crippen LogP contribution < -0.4 is 0 Å². The molecule has 0 atom stereocenters. The van der Waals surface area contributed by atoms with Crippen molar-refractivity contribution in [2.24, 2.45) is 0 Å². The average molecular weight is 336 g/mol. The maximum atomic E-state index is 6.23. The summed E-state index contributed by atoms with van der Waals surface area (Å²) in [6, 6.07) is 21.5. The second-order valence-corrected chi connectivity index (χ2v) is 7.26. The van der Waals surface area contributed by atoms with Gasteiger partial charge in [-0.25, -0.2) is 0 Å². The molecular weight excluding hydrogens is 320 g/mol. The topological polar surface area (TPSA) is 26.3 Å². The van der Waals surface area contributed by atoms with Gasteiger partial charge in [0.15, 0.2) is 11.2 Å². The van der Waals surface area contributed by atoms with Gasteiger partial charge in [0.25, 0.3) is 0 Å². The Labute approximate surface area is 149 Å². The lowest BCUT2D eigenvalue weighted by Crippen LogP contribution is -1.76. The number of rotatable bonds is 0. The molecule has 0 N–H and O–H groups in total. The van der Waals surface area contributed by atoms with Crippen LogP contribution in [-0.4, -0.2) is 0 Å². The van der Waals surface area contributed by atoms with Crippen molar-refractivity contribution in [2.75, 3.05) is 0 Å². The van der Waals surface area contributed by atoms with Crippen LogP contribution >= 0.6 is 0 Å². The maximum Gasteiger partial charge on any atom is 0.181 e. The number of furan rings is 2. The molecule has 0 bridgehead atoms. The van der Waals surface area contributed by atoms with Crippen LogP contribution in [-0.2, 0) is 0 Å². The summed E-state index contributed by atoms with van der Waals surface area (Å²) in [6.45, 7) is 4.22. The Morgan fingerprint density at radius 1 is 0.500 bits per heavy atom. The van der Waals surface area contributed by atoms with Crippen molar-refractivity contribution in [3.05, 3.63) is 71.8 Å². The molecular formula is C24H16O2. The van der Waals surface area contributed by atoms with Crippen LogP contribution in [0, 0.1) is 13.8 Å². The van der Waals surface area contributed by atoms with E-state index >= 15 is 0 Å². The molecule has 0 radical (unpaired) electrons. The molecule has 4 aromatic carbocycles. The van der Waals surface area contributed by atoms with Crippen molar-refractivity contribution < 1.29 is 8.83 Å². The van der Waals surface area contributed by atoms with E-state index in [-0.39, 0.29) is 0 Å². The van der Waals surface area contributed by atoms with E-state index in [1.165, 1.54) is 32.7 Å². The van der Waals surface area contributed by atoms with Gasteiger partial charge in [0, 0.05) is 0 Å². The zero-order chi connectivity index (χ0) is 17.4. The number of benzene rings is 4. The summed E-state index contributed by atoms with van der Waals surface area (Å²) in [6.07, 6.45) is 0. The Balaban J connectivity index is 1.75. The fourth-order valence-electron chi connectivity index (χ4n) is 3.98. The van der Waals surface area contributed by atoms with E-state index in [4.69, 9.17) is 8.83 Å². The van der Waals surface area contributed by atoms with Crippen LogP contribution in [0.4, 0.5) is 0 Å². The van der Waals surface area contributed by atoms with Gasteiger partial charge in [-0.15, -0.1) is 0 Å². The predicted octanol–water partition coefficient (Wildman–Crippen LogP) is 7.26. The number of fused-ring (bicyclic) bond motifs is 7. The van der Waals surface area contributed by atoms with Gasteiger partial charge in [-0.05, 0) is 59.7 Å². The molecule has 2 heteroatoms. The van der Waals surface area contributed by atoms with Crippen LogP contribution in [0.15, 0.2) is 69.5 Å². The minimum Gasteiger partial charge on any atom is -0.452 e. The Hall–Kier alpha value is -3.26.